The molecule has 0 aliphatic carbocycles. The number of furan rings is 1. The molecule has 0 saturated heterocycles. The third-order valence-electron chi connectivity index (χ3n) is 4.39. The zero-order valence-corrected chi connectivity index (χ0v) is 17.4. The number of anilines is 1. The summed E-state index contributed by atoms with van der Waals surface area (Å²) in [5.41, 5.74) is 1.32. The number of oxazole rings is 1. The Labute approximate surface area is 178 Å². The third-order valence-corrected chi connectivity index (χ3v) is 5.40. The van der Waals surface area contributed by atoms with E-state index in [9.17, 15) is 4.79 Å². The average molecular weight is 420 g/mol. The summed E-state index contributed by atoms with van der Waals surface area (Å²) in [7, 11) is 1.65. The second-order valence-electron chi connectivity index (χ2n) is 6.53. The topological polar surface area (TPSA) is 77.5 Å². The molecule has 0 aliphatic heterocycles. The van der Waals surface area contributed by atoms with E-state index in [4.69, 9.17) is 13.6 Å². The third kappa shape index (κ3) is 4.75. The highest BCUT2D eigenvalue weighted by Gasteiger charge is 2.16. The van der Waals surface area contributed by atoms with Crippen LogP contribution in [0.3, 0.4) is 0 Å². The van der Waals surface area contributed by atoms with Crippen molar-refractivity contribution in [2.24, 2.45) is 0 Å². The van der Waals surface area contributed by atoms with Gasteiger partial charge in [0.25, 0.3) is 5.89 Å². The van der Waals surface area contributed by atoms with Crippen LogP contribution < -0.4 is 10.1 Å². The quantitative estimate of drug-likeness (QED) is 0.420. The molecule has 0 fully saturated rings. The van der Waals surface area contributed by atoms with E-state index in [2.05, 4.69) is 10.3 Å². The Kier molecular flexibility index (Phi) is 5.90. The van der Waals surface area contributed by atoms with Crippen molar-refractivity contribution in [3.8, 4) is 17.4 Å². The first-order valence-corrected chi connectivity index (χ1v) is 10.1. The van der Waals surface area contributed by atoms with Crippen LogP contribution in [0.2, 0.25) is 0 Å². The molecule has 152 valence electrons. The normalized spacial score (nSPS) is 10.7. The Morgan fingerprint density at radius 1 is 1.07 bits per heavy atom. The SMILES string of the molecule is COc1ccc(Sc2ccc(NC(=O)Cc3nc(-c4ccco4)oc3C)cc2)cc1. The van der Waals surface area contributed by atoms with Crippen LogP contribution in [0.1, 0.15) is 11.5 Å². The highest BCUT2D eigenvalue weighted by atomic mass is 32.2. The molecule has 2 aromatic carbocycles. The highest BCUT2D eigenvalue weighted by Crippen LogP contribution is 2.30. The Hall–Kier alpha value is -3.45. The zero-order chi connectivity index (χ0) is 20.9. The van der Waals surface area contributed by atoms with Crippen molar-refractivity contribution in [3.63, 3.8) is 0 Å². The van der Waals surface area contributed by atoms with Crippen molar-refractivity contribution < 1.29 is 18.4 Å². The Morgan fingerprint density at radius 2 is 1.77 bits per heavy atom. The molecule has 2 aromatic heterocycles. The molecule has 0 aliphatic rings. The molecule has 2 heterocycles. The van der Waals surface area contributed by atoms with Crippen LogP contribution in [0.25, 0.3) is 11.7 Å². The molecule has 7 heteroatoms. The maximum Gasteiger partial charge on any atom is 0.263 e. The summed E-state index contributed by atoms with van der Waals surface area (Å²) < 4.78 is 16.1. The molecular formula is C23H20N2O4S. The van der Waals surface area contributed by atoms with E-state index < -0.39 is 0 Å². The lowest BCUT2D eigenvalue weighted by molar-refractivity contribution is -0.115. The van der Waals surface area contributed by atoms with Crippen LogP contribution in [0, 0.1) is 6.92 Å². The van der Waals surface area contributed by atoms with Crippen LogP contribution in [0.5, 0.6) is 5.75 Å². The van der Waals surface area contributed by atoms with Gasteiger partial charge in [0.1, 0.15) is 11.5 Å². The van der Waals surface area contributed by atoms with E-state index in [1.165, 1.54) is 0 Å². The molecule has 0 atom stereocenters. The predicted octanol–water partition coefficient (Wildman–Crippen LogP) is 5.58. The van der Waals surface area contributed by atoms with Crippen molar-refractivity contribution in [2.45, 2.75) is 23.1 Å². The summed E-state index contributed by atoms with van der Waals surface area (Å²) in [5, 5.41) is 2.90. The number of benzene rings is 2. The number of ether oxygens (including phenoxy) is 1. The molecule has 4 aromatic rings. The molecule has 0 radical (unpaired) electrons. The van der Waals surface area contributed by atoms with Gasteiger partial charge in [0.05, 0.1) is 25.5 Å². The molecular weight excluding hydrogens is 400 g/mol. The van der Waals surface area contributed by atoms with Crippen molar-refractivity contribution >= 4 is 23.4 Å². The molecule has 4 rings (SSSR count). The van der Waals surface area contributed by atoms with Gasteiger partial charge in [-0.2, -0.15) is 0 Å². The predicted molar refractivity (Wildman–Crippen MR) is 115 cm³/mol. The van der Waals surface area contributed by atoms with E-state index >= 15 is 0 Å². The largest absolute Gasteiger partial charge is 0.497 e. The summed E-state index contributed by atoms with van der Waals surface area (Å²) in [6, 6.07) is 19.1. The van der Waals surface area contributed by atoms with Crippen LogP contribution in [-0.4, -0.2) is 18.0 Å². The number of amides is 1. The maximum absolute atomic E-state index is 12.4. The fraction of sp³-hybridized carbons (Fsp3) is 0.130. The number of hydrogen-bond donors (Lipinski definition) is 1. The number of methoxy groups -OCH3 is 1. The summed E-state index contributed by atoms with van der Waals surface area (Å²) in [6.07, 6.45) is 1.68. The van der Waals surface area contributed by atoms with Gasteiger partial charge >= 0.3 is 0 Å². The van der Waals surface area contributed by atoms with Crippen LogP contribution in [0.4, 0.5) is 5.69 Å². The van der Waals surface area contributed by atoms with Gasteiger partial charge in [-0.05, 0) is 67.6 Å². The lowest BCUT2D eigenvalue weighted by atomic mass is 10.2. The number of carbonyl (C=O) groups is 1. The fourth-order valence-electron chi connectivity index (χ4n) is 2.84. The number of aromatic nitrogens is 1. The van der Waals surface area contributed by atoms with Gasteiger partial charge in [-0.25, -0.2) is 4.98 Å². The van der Waals surface area contributed by atoms with Gasteiger partial charge in [0.2, 0.25) is 5.91 Å². The Morgan fingerprint density at radius 3 is 2.40 bits per heavy atom. The summed E-state index contributed by atoms with van der Waals surface area (Å²) >= 11 is 1.64. The maximum atomic E-state index is 12.4. The Balaban J connectivity index is 1.35. The van der Waals surface area contributed by atoms with Crippen molar-refractivity contribution in [1.82, 2.24) is 4.98 Å². The molecule has 0 spiro atoms. The number of hydrogen-bond acceptors (Lipinski definition) is 6. The van der Waals surface area contributed by atoms with Crippen LogP contribution >= 0.6 is 11.8 Å². The average Bonchev–Trinajstić information content (AvgIpc) is 3.40. The summed E-state index contributed by atoms with van der Waals surface area (Å²) in [4.78, 5) is 19.0. The zero-order valence-electron chi connectivity index (χ0n) is 16.5. The van der Waals surface area contributed by atoms with Crippen molar-refractivity contribution in [3.05, 3.63) is 78.4 Å². The smallest absolute Gasteiger partial charge is 0.263 e. The van der Waals surface area contributed by atoms with E-state index in [-0.39, 0.29) is 12.3 Å². The molecule has 0 saturated carbocycles. The van der Waals surface area contributed by atoms with Gasteiger partial charge in [0, 0.05) is 15.5 Å². The minimum Gasteiger partial charge on any atom is -0.497 e. The molecule has 0 unspecified atom stereocenters. The molecule has 6 nitrogen and oxygen atoms in total. The van der Waals surface area contributed by atoms with E-state index in [0.717, 1.165) is 21.2 Å². The van der Waals surface area contributed by atoms with Gasteiger partial charge in [-0.15, -0.1) is 0 Å². The second-order valence-corrected chi connectivity index (χ2v) is 7.67. The van der Waals surface area contributed by atoms with Crippen LogP contribution in [0.15, 0.2) is 85.6 Å². The molecule has 1 amide bonds. The number of aryl methyl sites for hydroxylation is 1. The van der Waals surface area contributed by atoms with Gasteiger partial charge in [-0.1, -0.05) is 11.8 Å². The first kappa shape index (κ1) is 19.8. The van der Waals surface area contributed by atoms with Gasteiger partial charge < -0.3 is 18.9 Å². The Bertz CT molecular complexity index is 1120. The first-order chi connectivity index (χ1) is 14.6. The molecule has 1 N–H and O–H groups in total. The number of nitrogens with zero attached hydrogens (tertiary/aromatic N) is 1. The van der Waals surface area contributed by atoms with Gasteiger partial charge in [-0.3, -0.25) is 4.79 Å². The minimum atomic E-state index is -0.159. The van der Waals surface area contributed by atoms with E-state index in [0.29, 0.717) is 23.1 Å². The number of nitrogens with one attached hydrogen (secondary N) is 1. The lowest BCUT2D eigenvalue weighted by Gasteiger charge is -2.07. The number of rotatable bonds is 7. The highest BCUT2D eigenvalue weighted by molar-refractivity contribution is 7.99. The van der Waals surface area contributed by atoms with E-state index in [1.54, 1.807) is 44.2 Å². The summed E-state index contributed by atoms with van der Waals surface area (Å²) in [5.74, 6) is 2.18. The van der Waals surface area contributed by atoms with Crippen molar-refractivity contribution in [2.75, 3.05) is 12.4 Å². The van der Waals surface area contributed by atoms with Crippen molar-refractivity contribution in [1.29, 1.82) is 0 Å². The fourth-order valence-corrected chi connectivity index (χ4v) is 3.66. The van der Waals surface area contributed by atoms with E-state index in [1.807, 2.05) is 48.5 Å². The monoisotopic (exact) mass is 420 g/mol. The summed E-state index contributed by atoms with van der Waals surface area (Å²) in [6.45, 7) is 1.78. The standard InChI is InChI=1S/C23H20N2O4S/c1-15-20(25-23(29-15)21-4-3-13-28-21)14-22(26)24-16-5-9-18(10-6-16)30-19-11-7-17(27-2)8-12-19/h3-13H,14H2,1-2H3,(H,24,26). The number of carbonyl (C=O) groups excluding carboxylic acids is 1. The van der Waals surface area contributed by atoms with Crippen LogP contribution in [-0.2, 0) is 11.2 Å². The van der Waals surface area contributed by atoms with Gasteiger partial charge in [0.15, 0.2) is 5.76 Å². The first-order valence-electron chi connectivity index (χ1n) is 9.33. The lowest BCUT2D eigenvalue weighted by Crippen LogP contribution is -2.15. The molecule has 0 bridgehead atoms. The minimum absolute atomic E-state index is 0.123. The second kappa shape index (κ2) is 8.92. The molecule has 30 heavy (non-hydrogen) atoms.